The lowest BCUT2D eigenvalue weighted by atomic mass is 9.83. The number of carbonyl (C=O) groups excluding carboxylic acids is 2. The van der Waals surface area contributed by atoms with E-state index in [4.69, 9.17) is 0 Å². The van der Waals surface area contributed by atoms with Gasteiger partial charge in [0, 0.05) is 33.9 Å². The van der Waals surface area contributed by atoms with Crippen molar-refractivity contribution in [2.24, 2.45) is 5.92 Å². The van der Waals surface area contributed by atoms with E-state index >= 15 is 0 Å². The molecule has 3 rings (SSSR count). The third-order valence-electron chi connectivity index (χ3n) is 5.68. The zero-order valence-corrected chi connectivity index (χ0v) is 20.5. The molecule has 0 aliphatic rings. The highest BCUT2D eigenvalue weighted by molar-refractivity contribution is 7.92. The third kappa shape index (κ3) is 5.40. The minimum absolute atomic E-state index is 0.0455. The average Bonchev–Trinajstić information content (AvgIpc) is 2.80. The molecule has 0 radical (unpaired) electrons. The van der Waals surface area contributed by atoms with E-state index in [-0.39, 0.29) is 22.0 Å². The third-order valence-corrected chi connectivity index (χ3v) is 7.05. The molecule has 196 valence electrons. The number of ketones is 2. The van der Waals surface area contributed by atoms with Gasteiger partial charge in [-0.25, -0.2) is 8.42 Å². The highest BCUT2D eigenvalue weighted by Gasteiger charge is 2.48. The van der Waals surface area contributed by atoms with Gasteiger partial charge in [0.05, 0.1) is 15.5 Å². The van der Waals surface area contributed by atoms with E-state index in [1.165, 1.54) is 51.1 Å². The molecule has 0 aromatic heterocycles. The van der Waals surface area contributed by atoms with Crippen LogP contribution in [-0.2, 0) is 19.6 Å². The molecule has 0 fully saturated rings. The molecule has 9 nitrogen and oxygen atoms in total. The maximum Gasteiger partial charge on any atom is 0.451 e. The lowest BCUT2D eigenvalue weighted by molar-refractivity contribution is -0.385. The molecule has 0 bridgehead atoms. The van der Waals surface area contributed by atoms with Crippen LogP contribution in [0.25, 0.3) is 10.8 Å². The van der Waals surface area contributed by atoms with Crippen molar-refractivity contribution >= 4 is 43.7 Å². The van der Waals surface area contributed by atoms with Crippen molar-refractivity contribution in [3.8, 4) is 5.75 Å². The minimum atomic E-state index is -5.42. The zero-order chi connectivity index (χ0) is 27.9. The predicted molar refractivity (Wildman–Crippen MR) is 128 cm³/mol. The van der Waals surface area contributed by atoms with Crippen LogP contribution in [0.5, 0.6) is 5.75 Å². The van der Waals surface area contributed by atoms with Crippen molar-refractivity contribution in [1.29, 1.82) is 0 Å². The van der Waals surface area contributed by atoms with Crippen LogP contribution < -0.4 is 4.72 Å². The Labute approximate surface area is 209 Å². The van der Waals surface area contributed by atoms with E-state index in [2.05, 4.69) is 4.72 Å². The topological polar surface area (TPSA) is 144 Å². The van der Waals surface area contributed by atoms with Gasteiger partial charge in [0.1, 0.15) is 11.7 Å². The van der Waals surface area contributed by atoms with Crippen molar-refractivity contribution in [3.05, 3.63) is 69.8 Å². The highest BCUT2D eigenvalue weighted by Crippen LogP contribution is 2.42. The molecular weight excluding hydrogens is 517 g/mol. The number of benzene rings is 3. The summed E-state index contributed by atoms with van der Waals surface area (Å²) in [4.78, 5) is 35.0. The van der Waals surface area contributed by atoms with Crippen molar-refractivity contribution in [3.63, 3.8) is 0 Å². The quantitative estimate of drug-likeness (QED) is 0.178. The molecule has 0 aliphatic carbocycles. The van der Waals surface area contributed by atoms with E-state index < -0.39 is 66.4 Å². The largest absolute Gasteiger partial charge is 0.507 e. The molecule has 0 saturated carbocycles. The Bertz CT molecular complexity index is 1530. The highest BCUT2D eigenvalue weighted by atomic mass is 32.2. The number of anilines is 1. The van der Waals surface area contributed by atoms with Gasteiger partial charge < -0.3 is 5.11 Å². The number of nitrogens with zero attached hydrogens (tertiary/aromatic N) is 1. The molecule has 2 N–H and O–H groups in total. The molecule has 1 atom stereocenters. The van der Waals surface area contributed by atoms with Crippen LogP contribution in [-0.4, -0.2) is 36.2 Å². The number of aryl methyl sites for hydroxylation is 1. The number of nitro groups is 1. The first-order chi connectivity index (χ1) is 17.1. The number of halogens is 3. The van der Waals surface area contributed by atoms with Crippen molar-refractivity contribution < 1.29 is 41.2 Å². The van der Waals surface area contributed by atoms with Crippen LogP contribution in [0.2, 0.25) is 0 Å². The zero-order valence-electron chi connectivity index (χ0n) is 19.7. The molecule has 0 saturated heterocycles. The second-order valence-electron chi connectivity index (χ2n) is 8.57. The Morgan fingerprint density at radius 1 is 1.05 bits per heavy atom. The number of rotatable bonds is 8. The van der Waals surface area contributed by atoms with Gasteiger partial charge >= 0.3 is 6.18 Å². The maximum atomic E-state index is 13.4. The lowest BCUT2D eigenvalue weighted by Gasteiger charge is -2.22. The molecule has 3 aromatic rings. The number of phenolic OH excluding ortho intramolecular Hbond substituents is 1. The van der Waals surface area contributed by atoms with Crippen LogP contribution in [0.15, 0.2) is 53.4 Å². The summed E-state index contributed by atoms with van der Waals surface area (Å²) in [6.07, 6.45) is -5.42. The Kier molecular flexibility index (Phi) is 7.31. The average molecular weight is 539 g/mol. The van der Waals surface area contributed by atoms with Crippen LogP contribution in [0.3, 0.4) is 0 Å². The summed E-state index contributed by atoms with van der Waals surface area (Å²) in [5.41, 5.74) is -1.35. The van der Waals surface area contributed by atoms with Crippen molar-refractivity contribution in [1.82, 2.24) is 0 Å². The number of alkyl halides is 3. The number of fused-ring (bicyclic) bond motifs is 1. The van der Waals surface area contributed by atoms with Gasteiger partial charge in [0.25, 0.3) is 21.5 Å². The molecule has 37 heavy (non-hydrogen) atoms. The minimum Gasteiger partial charge on any atom is -0.507 e. The monoisotopic (exact) mass is 538 g/mol. The number of hydrogen-bond acceptors (Lipinski definition) is 7. The van der Waals surface area contributed by atoms with E-state index in [0.717, 1.165) is 18.2 Å². The van der Waals surface area contributed by atoms with E-state index in [0.29, 0.717) is 0 Å². The van der Waals surface area contributed by atoms with Gasteiger partial charge in [-0.1, -0.05) is 44.2 Å². The number of Topliss-reactive ketones (excluding diaryl/α,β-unsaturated/α-hetero) is 2. The molecule has 0 amide bonds. The van der Waals surface area contributed by atoms with Crippen molar-refractivity contribution in [2.45, 2.75) is 37.8 Å². The summed E-state index contributed by atoms with van der Waals surface area (Å²) < 4.78 is 68.7. The summed E-state index contributed by atoms with van der Waals surface area (Å²) in [6.45, 7) is 3.97. The number of phenols is 1. The number of aromatic hydroxyl groups is 1. The molecule has 0 heterocycles. The lowest BCUT2D eigenvalue weighted by Crippen LogP contribution is -2.35. The van der Waals surface area contributed by atoms with Gasteiger partial charge in [-0.3, -0.25) is 24.4 Å². The van der Waals surface area contributed by atoms with Gasteiger partial charge in [0.2, 0.25) is 0 Å². The Morgan fingerprint density at radius 2 is 1.65 bits per heavy atom. The molecule has 3 aromatic carbocycles. The Morgan fingerprint density at radius 3 is 2.19 bits per heavy atom. The predicted octanol–water partition coefficient (Wildman–Crippen LogP) is 5.00. The van der Waals surface area contributed by atoms with Gasteiger partial charge in [-0.15, -0.1) is 0 Å². The van der Waals surface area contributed by atoms with E-state index in [1.54, 1.807) is 0 Å². The summed E-state index contributed by atoms with van der Waals surface area (Å²) in [7, 11) is -4.55. The first-order valence-corrected chi connectivity index (χ1v) is 12.2. The second kappa shape index (κ2) is 9.81. The fourth-order valence-electron chi connectivity index (χ4n) is 3.76. The van der Waals surface area contributed by atoms with Gasteiger partial charge in [0.15, 0.2) is 5.78 Å². The smallest absolute Gasteiger partial charge is 0.451 e. The SMILES string of the molecule is Cc1ccc(S(=O)(=O)Nc2cc([C@H](C(=O)C(C)C)C(=O)C(F)(F)F)c(O)c3ccccc23)cc1[N+](=O)[O-]. The molecule has 13 heteroatoms. The fourth-order valence-corrected chi connectivity index (χ4v) is 4.85. The van der Waals surface area contributed by atoms with Crippen LogP contribution >= 0.6 is 0 Å². The molecular formula is C24H21F3N2O7S. The first kappa shape index (κ1) is 27.6. The number of sulfonamides is 1. The number of carbonyl (C=O) groups is 2. The Balaban J connectivity index is 2.27. The number of nitro benzene ring substituents is 1. The second-order valence-corrected chi connectivity index (χ2v) is 10.3. The first-order valence-electron chi connectivity index (χ1n) is 10.7. The maximum absolute atomic E-state index is 13.4. The molecule has 0 aliphatic heterocycles. The molecule has 0 spiro atoms. The number of hydrogen-bond donors (Lipinski definition) is 2. The van der Waals surface area contributed by atoms with Gasteiger partial charge in [-0.2, -0.15) is 13.2 Å². The van der Waals surface area contributed by atoms with Gasteiger partial charge in [-0.05, 0) is 19.1 Å². The van der Waals surface area contributed by atoms with Crippen LogP contribution in [0.4, 0.5) is 24.5 Å². The van der Waals surface area contributed by atoms with Crippen molar-refractivity contribution in [2.75, 3.05) is 4.72 Å². The fraction of sp³-hybridized carbons (Fsp3) is 0.250. The molecule has 0 unspecified atom stereocenters. The number of nitrogens with one attached hydrogen (secondary N) is 1. The standard InChI is InChI=1S/C24H21F3N2O7S/c1-12(2)21(30)20(23(32)24(25,26)27)17-11-18(15-6-4-5-7-16(15)22(17)31)28-37(35,36)14-9-8-13(3)19(10-14)29(33)34/h4-12,20,28,31H,1-3H3/t20-/m1/s1. The normalized spacial score (nSPS) is 12.9. The van der Waals surface area contributed by atoms with Crippen LogP contribution in [0.1, 0.15) is 30.9 Å². The summed E-state index contributed by atoms with van der Waals surface area (Å²) in [5.74, 6) is -7.82. The summed E-state index contributed by atoms with van der Waals surface area (Å²) in [5, 5.41) is 22.0. The Hall–Kier alpha value is -4.00. The van der Waals surface area contributed by atoms with Crippen LogP contribution in [0, 0.1) is 23.0 Å². The summed E-state index contributed by atoms with van der Waals surface area (Å²) >= 11 is 0. The van der Waals surface area contributed by atoms with E-state index in [9.17, 15) is 46.4 Å². The van der Waals surface area contributed by atoms with E-state index in [1.807, 2.05) is 0 Å². The summed E-state index contributed by atoms with van der Waals surface area (Å²) in [6, 6.07) is 9.45.